The Kier molecular flexibility index (Phi) is 3.93. The van der Waals surface area contributed by atoms with Crippen molar-refractivity contribution in [3.63, 3.8) is 0 Å². The van der Waals surface area contributed by atoms with E-state index in [0.29, 0.717) is 34.7 Å². The van der Waals surface area contributed by atoms with Crippen LogP contribution in [0.2, 0.25) is 0 Å². The summed E-state index contributed by atoms with van der Waals surface area (Å²) in [5, 5.41) is 10.5. The fourth-order valence-electron chi connectivity index (χ4n) is 8.92. The van der Waals surface area contributed by atoms with Crippen molar-refractivity contribution in [2.24, 2.45) is 40.4 Å². The van der Waals surface area contributed by atoms with Crippen molar-refractivity contribution in [3.05, 3.63) is 17.9 Å². The maximum Gasteiger partial charge on any atom is 0.0648 e. The van der Waals surface area contributed by atoms with E-state index in [1.807, 2.05) is 0 Å². The minimum absolute atomic E-state index is 0.0168. The molecule has 4 unspecified atom stereocenters. The molecule has 0 aromatic carbocycles. The standard InChI is InChI=1S/C25H38O2/c1-6-15-7-8-18-21-19(10-12-24(15,18)4)25(5)11-9-16(26)13-20(25)17-14-23(2,3)27-22(17)21/h16-22,26H,1,7-14H2,2-5H3/t16-,17-,18?,19?,20?,21?,22+,24-,25-/m1/s1. The minimum Gasteiger partial charge on any atom is -0.393 e. The molecule has 0 radical (unpaired) electrons. The highest BCUT2D eigenvalue weighted by Crippen LogP contribution is 2.70. The summed E-state index contributed by atoms with van der Waals surface area (Å²) < 4.78 is 6.85. The Balaban J connectivity index is 1.60. The summed E-state index contributed by atoms with van der Waals surface area (Å²) in [7, 11) is 0. The van der Waals surface area contributed by atoms with Crippen LogP contribution >= 0.6 is 0 Å². The van der Waals surface area contributed by atoms with E-state index in [4.69, 9.17) is 4.74 Å². The predicted molar refractivity (Wildman–Crippen MR) is 108 cm³/mol. The molecule has 1 aliphatic heterocycles. The smallest absolute Gasteiger partial charge is 0.0648 e. The molecule has 1 heterocycles. The molecule has 1 N–H and O–H groups in total. The van der Waals surface area contributed by atoms with Gasteiger partial charge in [-0.3, -0.25) is 0 Å². The van der Waals surface area contributed by atoms with E-state index in [2.05, 4.69) is 40.0 Å². The van der Waals surface area contributed by atoms with E-state index in [1.54, 1.807) is 0 Å². The van der Waals surface area contributed by atoms with Crippen molar-refractivity contribution in [2.45, 2.75) is 96.9 Å². The molecule has 27 heavy (non-hydrogen) atoms. The van der Waals surface area contributed by atoms with Crippen molar-refractivity contribution in [2.75, 3.05) is 0 Å². The van der Waals surface area contributed by atoms with Gasteiger partial charge in [0.25, 0.3) is 0 Å². The topological polar surface area (TPSA) is 29.5 Å². The van der Waals surface area contributed by atoms with Gasteiger partial charge in [0.15, 0.2) is 0 Å². The summed E-state index contributed by atoms with van der Waals surface area (Å²) >= 11 is 0. The molecule has 0 amide bonds. The maximum absolute atomic E-state index is 10.5. The van der Waals surface area contributed by atoms with E-state index < -0.39 is 0 Å². The highest BCUT2D eigenvalue weighted by Gasteiger charge is 2.67. The molecular formula is C25H38O2. The molecule has 0 spiro atoms. The lowest BCUT2D eigenvalue weighted by molar-refractivity contribution is -0.194. The van der Waals surface area contributed by atoms with Gasteiger partial charge in [0.1, 0.15) is 0 Å². The average Bonchev–Trinajstić information content (AvgIpc) is 3.11. The molecule has 4 saturated carbocycles. The summed E-state index contributed by atoms with van der Waals surface area (Å²) in [5.41, 5.74) is 5.49. The van der Waals surface area contributed by atoms with Crippen LogP contribution in [0.25, 0.3) is 0 Å². The Labute approximate surface area is 165 Å². The van der Waals surface area contributed by atoms with E-state index >= 15 is 0 Å². The Hall–Kier alpha value is -0.560. The third-order valence-electron chi connectivity index (χ3n) is 10.1. The maximum atomic E-state index is 10.5. The molecule has 4 aliphatic carbocycles. The summed E-state index contributed by atoms with van der Waals surface area (Å²) in [6, 6.07) is 0. The van der Waals surface area contributed by atoms with Crippen LogP contribution in [0.4, 0.5) is 0 Å². The summed E-state index contributed by atoms with van der Waals surface area (Å²) in [6.07, 6.45) is 9.76. The van der Waals surface area contributed by atoms with Crippen molar-refractivity contribution in [3.8, 4) is 0 Å². The van der Waals surface area contributed by atoms with Gasteiger partial charge < -0.3 is 9.84 Å². The van der Waals surface area contributed by atoms with Gasteiger partial charge in [-0.15, -0.1) is 5.73 Å². The molecule has 5 aliphatic rings. The second kappa shape index (κ2) is 5.74. The molecule has 150 valence electrons. The fourth-order valence-corrected chi connectivity index (χ4v) is 8.92. The first kappa shape index (κ1) is 18.5. The minimum atomic E-state index is -0.0976. The number of aliphatic hydroxyl groups excluding tert-OH is 1. The van der Waals surface area contributed by atoms with E-state index in [0.717, 1.165) is 24.7 Å². The number of aliphatic hydroxyl groups is 1. The molecular weight excluding hydrogens is 332 g/mol. The van der Waals surface area contributed by atoms with Crippen LogP contribution in [0.1, 0.15) is 79.1 Å². The summed E-state index contributed by atoms with van der Waals surface area (Å²) in [6.45, 7) is 13.7. The lowest BCUT2D eigenvalue weighted by Gasteiger charge is -2.63. The zero-order chi connectivity index (χ0) is 19.2. The lowest BCUT2D eigenvalue weighted by atomic mass is 9.42. The monoisotopic (exact) mass is 370 g/mol. The van der Waals surface area contributed by atoms with Gasteiger partial charge in [0.2, 0.25) is 0 Å². The van der Waals surface area contributed by atoms with Crippen molar-refractivity contribution < 1.29 is 9.84 Å². The number of fused-ring (bicyclic) bond motifs is 8. The van der Waals surface area contributed by atoms with E-state index in [-0.39, 0.29) is 11.7 Å². The Morgan fingerprint density at radius 2 is 1.81 bits per heavy atom. The van der Waals surface area contributed by atoms with Gasteiger partial charge in [-0.25, -0.2) is 0 Å². The predicted octanol–water partition coefficient (Wildman–Crippen LogP) is 5.50. The molecule has 0 aromatic rings. The van der Waals surface area contributed by atoms with Gasteiger partial charge >= 0.3 is 0 Å². The van der Waals surface area contributed by atoms with Crippen LogP contribution in [-0.2, 0) is 4.74 Å². The number of hydrogen-bond acceptors (Lipinski definition) is 2. The van der Waals surface area contributed by atoms with Gasteiger partial charge in [-0.2, -0.15) is 0 Å². The van der Waals surface area contributed by atoms with Gasteiger partial charge in [-0.05, 0) is 111 Å². The first-order valence-corrected chi connectivity index (χ1v) is 11.4. The summed E-state index contributed by atoms with van der Waals surface area (Å²) in [4.78, 5) is 0. The third-order valence-corrected chi connectivity index (χ3v) is 10.1. The Morgan fingerprint density at radius 3 is 2.56 bits per heavy atom. The first-order valence-electron chi connectivity index (χ1n) is 11.4. The first-order chi connectivity index (χ1) is 12.7. The van der Waals surface area contributed by atoms with Crippen LogP contribution in [0.3, 0.4) is 0 Å². The summed E-state index contributed by atoms with van der Waals surface area (Å²) in [5.74, 6) is 3.42. The second-order valence-electron chi connectivity index (χ2n) is 11.7. The molecule has 5 fully saturated rings. The second-order valence-corrected chi connectivity index (χ2v) is 11.7. The van der Waals surface area contributed by atoms with Crippen molar-refractivity contribution in [1.82, 2.24) is 0 Å². The molecule has 5 rings (SSSR count). The van der Waals surface area contributed by atoms with E-state index in [9.17, 15) is 5.11 Å². The largest absolute Gasteiger partial charge is 0.393 e. The molecule has 0 aromatic heterocycles. The van der Waals surface area contributed by atoms with Gasteiger partial charge in [-0.1, -0.05) is 20.4 Å². The Morgan fingerprint density at radius 1 is 1.04 bits per heavy atom. The number of rotatable bonds is 0. The molecule has 1 saturated heterocycles. The fraction of sp³-hybridized carbons (Fsp3) is 0.880. The zero-order valence-electron chi connectivity index (χ0n) is 17.8. The van der Waals surface area contributed by atoms with Crippen molar-refractivity contribution >= 4 is 0 Å². The number of hydrogen-bond donors (Lipinski definition) is 1. The number of ether oxygens (including phenoxy) is 1. The van der Waals surface area contributed by atoms with Crippen LogP contribution in [0.5, 0.6) is 0 Å². The number of allylic oxidation sites excluding steroid dienone is 1. The molecule has 0 bridgehead atoms. The van der Waals surface area contributed by atoms with Crippen LogP contribution in [0.15, 0.2) is 17.9 Å². The van der Waals surface area contributed by atoms with Gasteiger partial charge in [0.05, 0.1) is 17.8 Å². The SMILES string of the molecule is C=C=C1CCC2C3C(CC[C@]12C)[C@@]1(C)CC[C@@H](O)CC1[C@H]1CC(C)(C)O[C@H]31. The third kappa shape index (κ3) is 2.39. The highest BCUT2D eigenvalue weighted by molar-refractivity contribution is 5.25. The zero-order valence-corrected chi connectivity index (χ0v) is 17.8. The molecule has 2 heteroatoms. The average molecular weight is 371 g/mol. The van der Waals surface area contributed by atoms with E-state index in [1.165, 1.54) is 44.1 Å². The lowest BCUT2D eigenvalue weighted by Crippen LogP contribution is -2.60. The highest BCUT2D eigenvalue weighted by atomic mass is 16.5. The Bertz CT molecular complexity index is 688. The molecule has 2 nitrogen and oxygen atoms in total. The quantitative estimate of drug-likeness (QED) is 0.570. The van der Waals surface area contributed by atoms with Crippen molar-refractivity contribution in [1.29, 1.82) is 0 Å². The van der Waals surface area contributed by atoms with Crippen LogP contribution in [-0.4, -0.2) is 22.9 Å². The molecule has 9 atom stereocenters. The normalized spacial score (nSPS) is 55.9. The van der Waals surface area contributed by atoms with Crippen LogP contribution in [0, 0.1) is 40.4 Å². The van der Waals surface area contributed by atoms with Crippen LogP contribution < -0.4 is 0 Å². The van der Waals surface area contributed by atoms with Gasteiger partial charge in [0, 0.05) is 0 Å².